The van der Waals surface area contributed by atoms with Gasteiger partial charge in [-0.25, -0.2) is 0 Å². The standard InChI is InChI=1S/C17H22ClNO/c1-12(2)11-19-9-5-6-13(3)16-10-14-7-4-8-15(18)17(14)20-16/h4,6-8,10,12,19H,5,9,11H2,1-3H3/b13-6-. The highest BCUT2D eigenvalue weighted by Crippen LogP contribution is 2.29. The Morgan fingerprint density at radius 3 is 2.90 bits per heavy atom. The minimum atomic E-state index is 0.667. The van der Waals surface area contributed by atoms with Crippen molar-refractivity contribution in [2.45, 2.75) is 27.2 Å². The van der Waals surface area contributed by atoms with E-state index in [4.69, 9.17) is 16.0 Å². The second kappa shape index (κ2) is 6.96. The zero-order valence-electron chi connectivity index (χ0n) is 12.4. The summed E-state index contributed by atoms with van der Waals surface area (Å²) in [6, 6.07) is 7.87. The summed E-state index contributed by atoms with van der Waals surface area (Å²) < 4.78 is 5.84. The topological polar surface area (TPSA) is 25.2 Å². The van der Waals surface area contributed by atoms with Crippen molar-refractivity contribution in [3.8, 4) is 0 Å². The Morgan fingerprint density at radius 1 is 1.40 bits per heavy atom. The summed E-state index contributed by atoms with van der Waals surface area (Å²) in [6.45, 7) is 8.57. The maximum absolute atomic E-state index is 6.13. The lowest BCUT2D eigenvalue weighted by molar-refractivity contribution is 0.556. The summed E-state index contributed by atoms with van der Waals surface area (Å²) in [5, 5.41) is 5.15. The Kier molecular flexibility index (Phi) is 5.27. The first-order chi connectivity index (χ1) is 9.58. The number of nitrogens with one attached hydrogen (secondary N) is 1. The van der Waals surface area contributed by atoms with Crippen LogP contribution in [0.15, 0.2) is 34.8 Å². The number of benzene rings is 1. The second-order valence-corrected chi connectivity index (χ2v) is 5.95. The zero-order valence-corrected chi connectivity index (χ0v) is 13.1. The molecule has 2 rings (SSSR count). The number of rotatable bonds is 6. The molecule has 1 aromatic carbocycles. The summed E-state index contributed by atoms with van der Waals surface area (Å²) in [6.07, 6.45) is 3.21. The van der Waals surface area contributed by atoms with Gasteiger partial charge in [0.2, 0.25) is 0 Å². The van der Waals surface area contributed by atoms with Gasteiger partial charge in [0.15, 0.2) is 5.58 Å². The summed E-state index contributed by atoms with van der Waals surface area (Å²) in [4.78, 5) is 0. The van der Waals surface area contributed by atoms with Gasteiger partial charge >= 0.3 is 0 Å². The first-order valence-electron chi connectivity index (χ1n) is 7.14. The van der Waals surface area contributed by atoms with E-state index in [0.29, 0.717) is 10.9 Å². The molecule has 0 amide bonds. The van der Waals surface area contributed by atoms with Gasteiger partial charge < -0.3 is 9.73 Å². The molecule has 1 aromatic heterocycles. The molecule has 3 heteroatoms. The van der Waals surface area contributed by atoms with E-state index < -0.39 is 0 Å². The predicted molar refractivity (Wildman–Crippen MR) is 87.2 cm³/mol. The molecule has 0 spiro atoms. The van der Waals surface area contributed by atoms with E-state index in [-0.39, 0.29) is 0 Å². The van der Waals surface area contributed by atoms with Crippen molar-refractivity contribution in [1.82, 2.24) is 5.32 Å². The van der Waals surface area contributed by atoms with Crippen molar-refractivity contribution < 1.29 is 4.42 Å². The van der Waals surface area contributed by atoms with Crippen molar-refractivity contribution in [3.63, 3.8) is 0 Å². The summed E-state index contributed by atoms with van der Waals surface area (Å²) in [7, 11) is 0. The first-order valence-corrected chi connectivity index (χ1v) is 7.51. The highest BCUT2D eigenvalue weighted by Gasteiger charge is 2.07. The fourth-order valence-electron chi connectivity index (χ4n) is 2.10. The number of furan rings is 1. The molecule has 2 aromatic rings. The molecule has 0 aliphatic heterocycles. The van der Waals surface area contributed by atoms with Crippen LogP contribution in [-0.4, -0.2) is 13.1 Å². The molecule has 108 valence electrons. The van der Waals surface area contributed by atoms with Crippen molar-refractivity contribution in [1.29, 1.82) is 0 Å². The summed E-state index contributed by atoms with van der Waals surface area (Å²) in [5.74, 6) is 1.59. The van der Waals surface area contributed by atoms with Gasteiger partial charge in [-0.15, -0.1) is 0 Å². The lowest BCUT2D eigenvalue weighted by Gasteiger charge is -2.05. The molecule has 0 atom stereocenters. The molecule has 0 saturated carbocycles. The van der Waals surface area contributed by atoms with Gasteiger partial charge in [-0.3, -0.25) is 0 Å². The molecule has 1 N–H and O–H groups in total. The van der Waals surface area contributed by atoms with Crippen LogP contribution in [0.25, 0.3) is 16.5 Å². The molecule has 20 heavy (non-hydrogen) atoms. The van der Waals surface area contributed by atoms with E-state index in [0.717, 1.165) is 41.8 Å². The van der Waals surface area contributed by atoms with E-state index in [2.05, 4.69) is 38.2 Å². The molecule has 0 unspecified atom stereocenters. The lowest BCUT2D eigenvalue weighted by atomic mass is 10.1. The van der Waals surface area contributed by atoms with Crippen LogP contribution >= 0.6 is 11.6 Å². The summed E-state index contributed by atoms with van der Waals surface area (Å²) in [5.41, 5.74) is 1.93. The third kappa shape index (κ3) is 3.87. The number of allylic oxidation sites excluding steroid dienone is 1. The minimum absolute atomic E-state index is 0.667. The van der Waals surface area contributed by atoms with Gasteiger partial charge in [-0.05, 0) is 50.1 Å². The normalized spacial score (nSPS) is 12.6. The molecule has 0 bridgehead atoms. The maximum atomic E-state index is 6.13. The van der Waals surface area contributed by atoms with Crippen molar-refractivity contribution >= 4 is 28.1 Å². The van der Waals surface area contributed by atoms with Crippen molar-refractivity contribution in [2.24, 2.45) is 5.92 Å². The van der Waals surface area contributed by atoms with Gasteiger partial charge in [0.1, 0.15) is 5.76 Å². The average molecular weight is 292 g/mol. The maximum Gasteiger partial charge on any atom is 0.153 e. The minimum Gasteiger partial charge on any atom is -0.455 e. The summed E-state index contributed by atoms with van der Waals surface area (Å²) >= 11 is 6.13. The van der Waals surface area contributed by atoms with E-state index in [9.17, 15) is 0 Å². The Hall–Kier alpha value is -1.25. The Bertz CT molecular complexity index is 598. The third-order valence-corrected chi connectivity index (χ3v) is 3.51. The SMILES string of the molecule is C/C(=C/CCNCC(C)C)c1cc2cccc(Cl)c2o1. The largest absolute Gasteiger partial charge is 0.455 e. The molecule has 0 saturated heterocycles. The van der Waals surface area contributed by atoms with E-state index >= 15 is 0 Å². The highest BCUT2D eigenvalue weighted by atomic mass is 35.5. The molecule has 0 fully saturated rings. The van der Waals surface area contributed by atoms with Gasteiger partial charge in [0, 0.05) is 5.39 Å². The number of halogens is 1. The van der Waals surface area contributed by atoms with Crippen LogP contribution in [0.5, 0.6) is 0 Å². The number of fused-ring (bicyclic) bond motifs is 1. The zero-order chi connectivity index (χ0) is 14.5. The Balaban J connectivity index is 2.00. The van der Waals surface area contributed by atoms with Gasteiger partial charge in [-0.2, -0.15) is 0 Å². The van der Waals surface area contributed by atoms with Crippen LogP contribution in [0.3, 0.4) is 0 Å². The average Bonchev–Trinajstić information content (AvgIpc) is 2.83. The molecule has 0 aliphatic rings. The molecule has 1 heterocycles. The highest BCUT2D eigenvalue weighted by molar-refractivity contribution is 6.34. The molecule has 0 aliphatic carbocycles. The first kappa shape index (κ1) is 15.1. The molecule has 2 nitrogen and oxygen atoms in total. The number of para-hydroxylation sites is 1. The van der Waals surface area contributed by atoms with Crippen LogP contribution in [0.4, 0.5) is 0 Å². The predicted octanol–water partition coefficient (Wildman–Crippen LogP) is 5.13. The molecular formula is C17H22ClNO. The van der Waals surface area contributed by atoms with E-state index in [1.165, 1.54) is 0 Å². The number of hydrogen-bond donors (Lipinski definition) is 1. The quantitative estimate of drug-likeness (QED) is 0.747. The van der Waals surface area contributed by atoms with Crippen LogP contribution in [0.2, 0.25) is 5.02 Å². The monoisotopic (exact) mass is 291 g/mol. The van der Waals surface area contributed by atoms with Crippen molar-refractivity contribution in [3.05, 3.63) is 41.1 Å². The van der Waals surface area contributed by atoms with Gasteiger partial charge in [0.05, 0.1) is 5.02 Å². The number of hydrogen-bond acceptors (Lipinski definition) is 2. The molecule has 0 radical (unpaired) electrons. The fraction of sp³-hybridized carbons (Fsp3) is 0.412. The van der Waals surface area contributed by atoms with Gasteiger partial charge in [0.25, 0.3) is 0 Å². The third-order valence-electron chi connectivity index (χ3n) is 3.21. The second-order valence-electron chi connectivity index (χ2n) is 5.54. The van der Waals surface area contributed by atoms with Crippen LogP contribution in [0.1, 0.15) is 33.0 Å². The van der Waals surface area contributed by atoms with E-state index in [1.54, 1.807) is 0 Å². The Labute approximate surface area is 125 Å². The molecular weight excluding hydrogens is 270 g/mol. The van der Waals surface area contributed by atoms with Crippen LogP contribution < -0.4 is 5.32 Å². The smallest absolute Gasteiger partial charge is 0.153 e. The van der Waals surface area contributed by atoms with E-state index in [1.807, 2.05) is 18.2 Å². The van der Waals surface area contributed by atoms with Crippen LogP contribution in [-0.2, 0) is 0 Å². The van der Waals surface area contributed by atoms with Crippen LogP contribution in [0, 0.1) is 5.92 Å². The lowest BCUT2D eigenvalue weighted by Crippen LogP contribution is -2.20. The van der Waals surface area contributed by atoms with Crippen molar-refractivity contribution in [2.75, 3.05) is 13.1 Å². The van der Waals surface area contributed by atoms with Gasteiger partial charge in [-0.1, -0.05) is 43.7 Å². The Morgan fingerprint density at radius 2 is 2.20 bits per heavy atom. The fourth-order valence-corrected chi connectivity index (χ4v) is 2.32.